The van der Waals surface area contributed by atoms with E-state index in [2.05, 4.69) is 15.9 Å². The first-order valence-electron chi connectivity index (χ1n) is 7.12. The molecule has 3 heteroatoms. The fourth-order valence-electron chi connectivity index (χ4n) is 2.81. The summed E-state index contributed by atoms with van der Waals surface area (Å²) in [5.74, 6) is 0. The summed E-state index contributed by atoms with van der Waals surface area (Å²) in [5.41, 5.74) is 1.69. The molecular formula is C14H26N2O. The Hall–Kier alpha value is -0.380. The molecule has 0 aromatic heterocycles. The van der Waals surface area contributed by atoms with Crippen molar-refractivity contribution in [2.24, 2.45) is 0 Å². The van der Waals surface area contributed by atoms with Gasteiger partial charge in [0.25, 0.3) is 0 Å². The Labute approximate surface area is 105 Å². The molecule has 2 rings (SSSR count). The lowest BCUT2D eigenvalue weighted by atomic mass is 9.97. The summed E-state index contributed by atoms with van der Waals surface area (Å²) < 4.78 is 0. The molecule has 0 saturated carbocycles. The topological polar surface area (TPSA) is 26.7 Å². The van der Waals surface area contributed by atoms with Crippen LogP contribution in [0.15, 0.2) is 11.6 Å². The molecule has 1 saturated heterocycles. The molecule has 0 atom stereocenters. The first-order chi connectivity index (χ1) is 8.38. The van der Waals surface area contributed by atoms with E-state index < -0.39 is 0 Å². The van der Waals surface area contributed by atoms with Gasteiger partial charge in [-0.15, -0.1) is 0 Å². The van der Waals surface area contributed by atoms with Gasteiger partial charge in [0, 0.05) is 39.3 Å². The fourth-order valence-corrected chi connectivity index (χ4v) is 2.81. The van der Waals surface area contributed by atoms with E-state index in [0.29, 0.717) is 6.61 Å². The maximum atomic E-state index is 8.90. The van der Waals surface area contributed by atoms with Crippen molar-refractivity contribution in [3.63, 3.8) is 0 Å². The molecule has 0 unspecified atom stereocenters. The monoisotopic (exact) mass is 238 g/mol. The van der Waals surface area contributed by atoms with Crippen LogP contribution in [0.25, 0.3) is 0 Å². The highest BCUT2D eigenvalue weighted by atomic mass is 16.3. The largest absolute Gasteiger partial charge is 0.395 e. The van der Waals surface area contributed by atoms with Crippen molar-refractivity contribution in [2.75, 3.05) is 45.9 Å². The van der Waals surface area contributed by atoms with Crippen LogP contribution in [0.2, 0.25) is 0 Å². The van der Waals surface area contributed by atoms with Crippen LogP contribution >= 0.6 is 0 Å². The minimum Gasteiger partial charge on any atom is -0.395 e. The van der Waals surface area contributed by atoms with Gasteiger partial charge in [0.2, 0.25) is 0 Å². The number of rotatable bonds is 5. The second-order valence-electron chi connectivity index (χ2n) is 5.27. The molecule has 0 radical (unpaired) electrons. The third kappa shape index (κ3) is 4.41. The quantitative estimate of drug-likeness (QED) is 0.735. The van der Waals surface area contributed by atoms with Gasteiger partial charge in [0.15, 0.2) is 0 Å². The van der Waals surface area contributed by atoms with Crippen LogP contribution < -0.4 is 0 Å². The van der Waals surface area contributed by atoms with E-state index in [1.54, 1.807) is 5.57 Å². The molecule has 0 aromatic rings. The zero-order chi connectivity index (χ0) is 11.9. The van der Waals surface area contributed by atoms with Gasteiger partial charge in [-0.05, 0) is 32.1 Å². The van der Waals surface area contributed by atoms with Crippen molar-refractivity contribution < 1.29 is 5.11 Å². The van der Waals surface area contributed by atoms with Crippen molar-refractivity contribution in [1.29, 1.82) is 0 Å². The molecule has 0 amide bonds. The molecule has 1 aliphatic heterocycles. The van der Waals surface area contributed by atoms with E-state index in [-0.39, 0.29) is 0 Å². The fraction of sp³-hybridized carbons (Fsp3) is 0.857. The number of β-amino-alcohol motifs (C(OH)–C–C–N with tert-alkyl or cyclic N) is 1. The Morgan fingerprint density at radius 1 is 1.00 bits per heavy atom. The highest BCUT2D eigenvalue weighted by molar-refractivity contribution is 5.05. The SMILES string of the molecule is OCCN1CCN(CCC2=CCCCC2)CC1. The van der Waals surface area contributed by atoms with Gasteiger partial charge in [0.05, 0.1) is 6.61 Å². The van der Waals surface area contributed by atoms with Gasteiger partial charge >= 0.3 is 0 Å². The number of nitrogens with zero attached hydrogens (tertiary/aromatic N) is 2. The van der Waals surface area contributed by atoms with Gasteiger partial charge in [-0.1, -0.05) is 11.6 Å². The highest BCUT2D eigenvalue weighted by Gasteiger charge is 2.16. The molecule has 17 heavy (non-hydrogen) atoms. The van der Waals surface area contributed by atoms with Crippen molar-refractivity contribution in [1.82, 2.24) is 9.80 Å². The predicted octanol–water partition coefficient (Wildman–Crippen LogP) is 1.49. The summed E-state index contributed by atoms with van der Waals surface area (Å²) in [7, 11) is 0. The molecule has 1 N–H and O–H groups in total. The van der Waals surface area contributed by atoms with Crippen LogP contribution in [0.4, 0.5) is 0 Å². The van der Waals surface area contributed by atoms with Crippen LogP contribution in [0, 0.1) is 0 Å². The predicted molar refractivity (Wildman–Crippen MR) is 71.1 cm³/mol. The average Bonchev–Trinajstić information content (AvgIpc) is 2.40. The van der Waals surface area contributed by atoms with E-state index in [0.717, 1.165) is 19.6 Å². The Balaban J connectivity index is 1.62. The maximum absolute atomic E-state index is 8.90. The van der Waals surface area contributed by atoms with E-state index >= 15 is 0 Å². The summed E-state index contributed by atoms with van der Waals surface area (Å²) in [6.07, 6.45) is 9.18. The minimum atomic E-state index is 0.298. The Kier molecular flexibility index (Phi) is 5.49. The zero-order valence-corrected chi connectivity index (χ0v) is 10.9. The van der Waals surface area contributed by atoms with Gasteiger partial charge in [-0.2, -0.15) is 0 Å². The Bertz CT molecular complexity index is 245. The van der Waals surface area contributed by atoms with E-state index in [1.165, 1.54) is 51.7 Å². The van der Waals surface area contributed by atoms with E-state index in [1.807, 2.05) is 0 Å². The minimum absolute atomic E-state index is 0.298. The summed E-state index contributed by atoms with van der Waals surface area (Å²) in [6, 6.07) is 0. The lowest BCUT2D eigenvalue weighted by molar-refractivity contribution is 0.113. The molecule has 0 bridgehead atoms. The second-order valence-corrected chi connectivity index (χ2v) is 5.27. The molecule has 98 valence electrons. The molecule has 0 aromatic carbocycles. The first kappa shape index (κ1) is 13.1. The summed E-state index contributed by atoms with van der Waals surface area (Å²) in [5, 5.41) is 8.90. The van der Waals surface area contributed by atoms with Gasteiger partial charge < -0.3 is 10.0 Å². The number of piperazine rings is 1. The molecule has 3 nitrogen and oxygen atoms in total. The standard InChI is InChI=1S/C14H26N2O/c17-13-12-16-10-8-15(9-11-16)7-6-14-4-2-1-3-5-14/h4,17H,1-3,5-13H2. The number of hydrogen-bond donors (Lipinski definition) is 1. The number of hydrogen-bond acceptors (Lipinski definition) is 3. The second kappa shape index (κ2) is 7.14. The van der Waals surface area contributed by atoms with Crippen molar-refractivity contribution in [3.05, 3.63) is 11.6 Å². The van der Waals surface area contributed by atoms with Crippen LogP contribution in [0.3, 0.4) is 0 Å². The molecular weight excluding hydrogens is 212 g/mol. The molecule has 2 aliphatic rings. The van der Waals surface area contributed by atoms with Gasteiger partial charge in [-0.3, -0.25) is 4.90 Å². The molecule has 1 fully saturated rings. The molecule has 1 aliphatic carbocycles. The average molecular weight is 238 g/mol. The van der Waals surface area contributed by atoms with Crippen LogP contribution in [0.1, 0.15) is 32.1 Å². The normalized spacial score (nSPS) is 23.7. The van der Waals surface area contributed by atoms with Gasteiger partial charge in [-0.25, -0.2) is 0 Å². The lowest BCUT2D eigenvalue weighted by Crippen LogP contribution is -2.47. The number of allylic oxidation sites excluding steroid dienone is 1. The number of aliphatic hydroxyl groups is 1. The lowest BCUT2D eigenvalue weighted by Gasteiger charge is -2.34. The zero-order valence-electron chi connectivity index (χ0n) is 10.9. The van der Waals surface area contributed by atoms with Crippen molar-refractivity contribution in [3.8, 4) is 0 Å². The third-order valence-electron chi connectivity index (χ3n) is 4.02. The summed E-state index contributed by atoms with van der Waals surface area (Å²) >= 11 is 0. The first-order valence-corrected chi connectivity index (χ1v) is 7.12. The number of aliphatic hydroxyl groups excluding tert-OH is 1. The van der Waals surface area contributed by atoms with Crippen LogP contribution in [-0.4, -0.2) is 60.8 Å². The van der Waals surface area contributed by atoms with E-state index in [9.17, 15) is 0 Å². The van der Waals surface area contributed by atoms with Crippen molar-refractivity contribution in [2.45, 2.75) is 32.1 Å². The smallest absolute Gasteiger partial charge is 0.0558 e. The van der Waals surface area contributed by atoms with Crippen molar-refractivity contribution >= 4 is 0 Å². The van der Waals surface area contributed by atoms with Gasteiger partial charge in [0.1, 0.15) is 0 Å². The Morgan fingerprint density at radius 2 is 1.71 bits per heavy atom. The van der Waals surface area contributed by atoms with Crippen LogP contribution in [0.5, 0.6) is 0 Å². The van der Waals surface area contributed by atoms with E-state index in [4.69, 9.17) is 5.11 Å². The summed E-state index contributed by atoms with van der Waals surface area (Å²) in [6.45, 7) is 6.98. The molecule has 0 spiro atoms. The highest BCUT2D eigenvalue weighted by Crippen LogP contribution is 2.20. The Morgan fingerprint density at radius 3 is 2.29 bits per heavy atom. The summed E-state index contributed by atoms with van der Waals surface area (Å²) in [4.78, 5) is 4.93. The molecule has 1 heterocycles. The maximum Gasteiger partial charge on any atom is 0.0558 e. The third-order valence-corrected chi connectivity index (χ3v) is 4.02. The van der Waals surface area contributed by atoms with Crippen LogP contribution in [-0.2, 0) is 0 Å².